The van der Waals surface area contributed by atoms with E-state index in [1.165, 1.54) is 18.5 Å². The first-order valence-corrected chi connectivity index (χ1v) is 10.1. The maximum atomic E-state index is 12.6. The van der Waals surface area contributed by atoms with Gasteiger partial charge in [0.15, 0.2) is 0 Å². The molecule has 1 unspecified atom stereocenters. The van der Waals surface area contributed by atoms with Crippen molar-refractivity contribution in [3.05, 3.63) is 53.0 Å². The van der Waals surface area contributed by atoms with Crippen LogP contribution in [0.4, 0.5) is 17.1 Å². The second-order valence-electron chi connectivity index (χ2n) is 7.11. The first-order chi connectivity index (χ1) is 13.1. The van der Waals surface area contributed by atoms with Gasteiger partial charge in [0, 0.05) is 47.6 Å². The smallest absolute Gasteiger partial charge is 0.229 e. The Hall–Kier alpha value is -2.34. The fraction of sp³-hybridized carbons (Fsp3) is 0.333. The normalized spacial score (nSPS) is 19.6. The van der Waals surface area contributed by atoms with Crippen molar-refractivity contribution >= 4 is 44.8 Å². The van der Waals surface area contributed by atoms with E-state index in [-0.39, 0.29) is 24.2 Å². The fourth-order valence-corrected chi connectivity index (χ4v) is 3.99. The van der Waals surface area contributed by atoms with Crippen LogP contribution >= 0.6 is 15.9 Å². The standard InChI is InChI=1S/C21H22BrN3O2/c22-16-3-7-19(8-4-16)25-14-15(13-20(25)26)21(27)23-17-5-9-18(10-6-17)24-11-1-2-12-24/h3-10,15H,1-2,11-14H2,(H,23,27). The number of amides is 2. The molecule has 2 fully saturated rings. The molecule has 140 valence electrons. The number of halogens is 1. The molecule has 5 nitrogen and oxygen atoms in total. The summed E-state index contributed by atoms with van der Waals surface area (Å²) < 4.78 is 0.963. The topological polar surface area (TPSA) is 52.7 Å². The van der Waals surface area contributed by atoms with Crippen LogP contribution in [0.1, 0.15) is 19.3 Å². The zero-order valence-corrected chi connectivity index (χ0v) is 16.6. The number of nitrogens with one attached hydrogen (secondary N) is 1. The number of hydrogen-bond acceptors (Lipinski definition) is 3. The van der Waals surface area contributed by atoms with Gasteiger partial charge in [-0.1, -0.05) is 15.9 Å². The number of carbonyl (C=O) groups excluding carboxylic acids is 2. The van der Waals surface area contributed by atoms with Crippen molar-refractivity contribution in [2.75, 3.05) is 34.8 Å². The second kappa shape index (κ2) is 7.72. The summed E-state index contributed by atoms with van der Waals surface area (Å²) in [6.45, 7) is 2.61. The summed E-state index contributed by atoms with van der Waals surface area (Å²) in [6, 6.07) is 15.6. The molecule has 27 heavy (non-hydrogen) atoms. The average molecular weight is 428 g/mol. The zero-order chi connectivity index (χ0) is 18.8. The van der Waals surface area contributed by atoms with Crippen LogP contribution in [-0.2, 0) is 9.59 Å². The Bertz CT molecular complexity index is 830. The van der Waals surface area contributed by atoms with Gasteiger partial charge in [0.1, 0.15) is 0 Å². The molecule has 2 amide bonds. The van der Waals surface area contributed by atoms with E-state index >= 15 is 0 Å². The highest BCUT2D eigenvalue weighted by Crippen LogP contribution is 2.28. The number of hydrogen-bond donors (Lipinski definition) is 1. The van der Waals surface area contributed by atoms with E-state index in [0.29, 0.717) is 6.54 Å². The number of benzene rings is 2. The Labute approximate surface area is 167 Å². The lowest BCUT2D eigenvalue weighted by molar-refractivity contribution is -0.122. The predicted molar refractivity (Wildman–Crippen MR) is 111 cm³/mol. The molecular formula is C21H22BrN3O2. The van der Waals surface area contributed by atoms with Crippen molar-refractivity contribution in [1.82, 2.24) is 0 Å². The lowest BCUT2D eigenvalue weighted by Gasteiger charge is -2.18. The van der Waals surface area contributed by atoms with Crippen LogP contribution < -0.4 is 15.1 Å². The van der Waals surface area contributed by atoms with Gasteiger partial charge in [-0.15, -0.1) is 0 Å². The molecule has 1 N–H and O–H groups in total. The number of carbonyl (C=O) groups is 2. The number of rotatable bonds is 4. The van der Waals surface area contributed by atoms with Crippen molar-refractivity contribution < 1.29 is 9.59 Å². The predicted octanol–water partition coefficient (Wildman–Crippen LogP) is 4.04. The quantitative estimate of drug-likeness (QED) is 0.800. The van der Waals surface area contributed by atoms with Crippen LogP contribution in [-0.4, -0.2) is 31.4 Å². The molecule has 0 spiro atoms. The van der Waals surface area contributed by atoms with Crippen LogP contribution in [0, 0.1) is 5.92 Å². The van der Waals surface area contributed by atoms with Gasteiger partial charge in [-0.25, -0.2) is 0 Å². The van der Waals surface area contributed by atoms with Gasteiger partial charge < -0.3 is 15.1 Å². The van der Waals surface area contributed by atoms with E-state index < -0.39 is 0 Å². The summed E-state index contributed by atoms with van der Waals surface area (Å²) >= 11 is 3.40. The van der Waals surface area contributed by atoms with Crippen molar-refractivity contribution in [3.8, 4) is 0 Å². The third-order valence-electron chi connectivity index (χ3n) is 5.24. The van der Waals surface area contributed by atoms with Gasteiger partial charge in [-0.3, -0.25) is 9.59 Å². The summed E-state index contributed by atoms with van der Waals surface area (Å²) in [5.41, 5.74) is 2.80. The molecule has 0 aromatic heterocycles. The lowest BCUT2D eigenvalue weighted by atomic mass is 10.1. The Kier molecular flexibility index (Phi) is 5.16. The molecule has 2 aromatic carbocycles. The van der Waals surface area contributed by atoms with Gasteiger partial charge in [0.05, 0.1) is 5.92 Å². The SMILES string of the molecule is O=C(Nc1ccc(N2CCCC2)cc1)C1CC(=O)N(c2ccc(Br)cc2)C1. The molecular weight excluding hydrogens is 406 g/mol. The Morgan fingerprint density at radius 2 is 1.59 bits per heavy atom. The van der Waals surface area contributed by atoms with Gasteiger partial charge >= 0.3 is 0 Å². The molecule has 0 radical (unpaired) electrons. The van der Waals surface area contributed by atoms with E-state index in [4.69, 9.17) is 0 Å². The third kappa shape index (κ3) is 4.00. The van der Waals surface area contributed by atoms with E-state index in [1.54, 1.807) is 4.90 Å². The third-order valence-corrected chi connectivity index (χ3v) is 5.77. The Morgan fingerprint density at radius 3 is 2.26 bits per heavy atom. The minimum atomic E-state index is -0.334. The molecule has 2 aromatic rings. The molecule has 0 aliphatic carbocycles. The second-order valence-corrected chi connectivity index (χ2v) is 8.03. The van der Waals surface area contributed by atoms with Crippen LogP contribution in [0.5, 0.6) is 0 Å². The maximum absolute atomic E-state index is 12.6. The monoisotopic (exact) mass is 427 g/mol. The minimum Gasteiger partial charge on any atom is -0.372 e. The van der Waals surface area contributed by atoms with Crippen molar-refractivity contribution in [3.63, 3.8) is 0 Å². The van der Waals surface area contributed by atoms with Crippen molar-refractivity contribution in [2.24, 2.45) is 5.92 Å². The van der Waals surface area contributed by atoms with Crippen LogP contribution in [0.2, 0.25) is 0 Å². The molecule has 2 saturated heterocycles. The largest absolute Gasteiger partial charge is 0.372 e. The fourth-order valence-electron chi connectivity index (χ4n) is 3.73. The van der Waals surface area contributed by atoms with Crippen molar-refractivity contribution in [1.29, 1.82) is 0 Å². The summed E-state index contributed by atoms with van der Waals surface area (Å²) in [5.74, 6) is -0.446. The van der Waals surface area contributed by atoms with E-state index in [2.05, 4.69) is 38.3 Å². The summed E-state index contributed by atoms with van der Waals surface area (Å²) in [6.07, 6.45) is 2.72. The lowest BCUT2D eigenvalue weighted by Crippen LogP contribution is -2.28. The van der Waals surface area contributed by atoms with Crippen LogP contribution in [0.25, 0.3) is 0 Å². The highest BCUT2D eigenvalue weighted by Gasteiger charge is 2.35. The molecule has 2 aliphatic rings. The zero-order valence-electron chi connectivity index (χ0n) is 15.0. The maximum Gasteiger partial charge on any atom is 0.229 e. The number of nitrogens with zero attached hydrogens (tertiary/aromatic N) is 2. The Balaban J connectivity index is 1.38. The molecule has 0 bridgehead atoms. The van der Waals surface area contributed by atoms with Gasteiger partial charge in [0.25, 0.3) is 0 Å². The summed E-state index contributed by atoms with van der Waals surface area (Å²) in [5, 5.41) is 2.96. The van der Waals surface area contributed by atoms with E-state index in [9.17, 15) is 9.59 Å². The first kappa shape index (κ1) is 18.0. The van der Waals surface area contributed by atoms with E-state index in [1.807, 2.05) is 36.4 Å². The average Bonchev–Trinajstić information content (AvgIpc) is 3.33. The first-order valence-electron chi connectivity index (χ1n) is 9.32. The summed E-state index contributed by atoms with van der Waals surface area (Å²) in [7, 11) is 0. The van der Waals surface area contributed by atoms with E-state index in [0.717, 1.165) is 28.9 Å². The molecule has 2 aliphatic heterocycles. The van der Waals surface area contributed by atoms with Crippen LogP contribution in [0.3, 0.4) is 0 Å². The minimum absolute atomic E-state index is 0.0122. The van der Waals surface area contributed by atoms with Gasteiger partial charge in [-0.2, -0.15) is 0 Å². The van der Waals surface area contributed by atoms with Gasteiger partial charge in [0.2, 0.25) is 11.8 Å². The number of anilines is 3. The molecule has 1 atom stereocenters. The highest BCUT2D eigenvalue weighted by atomic mass is 79.9. The molecule has 0 saturated carbocycles. The van der Waals surface area contributed by atoms with Gasteiger partial charge in [-0.05, 0) is 61.4 Å². The molecule has 4 rings (SSSR count). The summed E-state index contributed by atoms with van der Waals surface area (Å²) in [4.78, 5) is 29.0. The Morgan fingerprint density at radius 1 is 0.963 bits per heavy atom. The van der Waals surface area contributed by atoms with Crippen LogP contribution in [0.15, 0.2) is 53.0 Å². The van der Waals surface area contributed by atoms with Crippen molar-refractivity contribution in [2.45, 2.75) is 19.3 Å². The highest BCUT2D eigenvalue weighted by molar-refractivity contribution is 9.10. The molecule has 2 heterocycles. The molecule has 6 heteroatoms.